The molecule has 0 radical (unpaired) electrons. The average Bonchev–Trinajstić information content (AvgIpc) is 3.05. The van der Waals surface area contributed by atoms with Gasteiger partial charge in [-0.2, -0.15) is 9.78 Å². The fraction of sp³-hybridized carbons (Fsp3) is 0.190. The quantitative estimate of drug-likeness (QED) is 0.469. The number of benzene rings is 2. The Balaban J connectivity index is 1.44. The summed E-state index contributed by atoms with van der Waals surface area (Å²) in [7, 11) is 1.98. The summed E-state index contributed by atoms with van der Waals surface area (Å²) in [5.74, 6) is -0.678. The van der Waals surface area contributed by atoms with Gasteiger partial charge >= 0.3 is 0 Å². The molecular weight excluding hydrogens is 412 g/mol. The Morgan fingerprint density at radius 3 is 2.73 bits per heavy atom. The van der Waals surface area contributed by atoms with Crippen molar-refractivity contribution in [2.75, 3.05) is 11.9 Å². The van der Waals surface area contributed by atoms with E-state index in [4.69, 9.17) is 11.6 Å². The number of aryl methyl sites for hydroxylation is 2. The summed E-state index contributed by atoms with van der Waals surface area (Å²) in [5.41, 5.74) is 1.51. The van der Waals surface area contributed by atoms with Gasteiger partial charge in [0.05, 0.1) is 22.9 Å². The zero-order valence-corrected chi connectivity index (χ0v) is 16.8. The summed E-state index contributed by atoms with van der Waals surface area (Å²) in [4.78, 5) is 17.1. The van der Waals surface area contributed by atoms with Crippen LogP contribution in [0.15, 0.2) is 53.5 Å². The normalized spacial score (nSPS) is 11.2. The van der Waals surface area contributed by atoms with Crippen LogP contribution in [0.5, 0.6) is 0 Å². The van der Waals surface area contributed by atoms with Crippen molar-refractivity contribution in [3.8, 4) is 5.69 Å². The third kappa shape index (κ3) is 3.78. The first-order valence-electron chi connectivity index (χ1n) is 9.33. The van der Waals surface area contributed by atoms with Crippen molar-refractivity contribution in [1.29, 1.82) is 0 Å². The molecule has 1 N–H and O–H groups in total. The smallest absolute Gasteiger partial charge is 0.292 e. The molecule has 0 saturated heterocycles. The molecule has 0 bridgehead atoms. The summed E-state index contributed by atoms with van der Waals surface area (Å²) in [5, 5.41) is 6.92. The fourth-order valence-corrected chi connectivity index (χ4v) is 3.46. The third-order valence-corrected chi connectivity index (χ3v) is 5.19. The number of halogens is 3. The van der Waals surface area contributed by atoms with E-state index in [1.165, 1.54) is 6.20 Å². The van der Waals surface area contributed by atoms with Crippen molar-refractivity contribution in [3.05, 3.63) is 81.5 Å². The van der Waals surface area contributed by atoms with E-state index in [-0.39, 0.29) is 10.7 Å². The van der Waals surface area contributed by atoms with E-state index in [1.807, 2.05) is 31.3 Å². The van der Waals surface area contributed by atoms with Gasteiger partial charge in [-0.3, -0.25) is 4.79 Å². The van der Waals surface area contributed by atoms with Crippen LogP contribution in [-0.4, -0.2) is 25.9 Å². The highest BCUT2D eigenvalue weighted by Crippen LogP contribution is 2.19. The highest BCUT2D eigenvalue weighted by molar-refractivity contribution is 6.32. The summed E-state index contributed by atoms with van der Waals surface area (Å²) in [6, 6.07) is 10.8. The first kappa shape index (κ1) is 20.0. The minimum Gasteiger partial charge on any atom is -0.382 e. The number of hydrogen-bond donors (Lipinski definition) is 1. The van der Waals surface area contributed by atoms with Gasteiger partial charge in [-0.25, -0.2) is 13.8 Å². The van der Waals surface area contributed by atoms with E-state index < -0.39 is 17.2 Å². The molecule has 4 aromatic rings. The lowest BCUT2D eigenvalue weighted by Crippen LogP contribution is -2.24. The number of para-hydroxylation sites is 2. The number of hydrogen-bond acceptors (Lipinski definition) is 4. The van der Waals surface area contributed by atoms with Gasteiger partial charge in [0, 0.05) is 26.1 Å². The Kier molecular flexibility index (Phi) is 5.50. The van der Waals surface area contributed by atoms with E-state index in [0.717, 1.165) is 46.5 Å². The molecule has 0 aliphatic heterocycles. The van der Waals surface area contributed by atoms with Crippen LogP contribution in [0, 0.1) is 11.6 Å². The van der Waals surface area contributed by atoms with Crippen LogP contribution in [0.1, 0.15) is 12.2 Å². The standard InChI is InChI=1S/C21H18ClF2N5O/c1-28-18-6-3-2-5-15(18)27-19(28)7-4-10-25-16-12-26-29(21(30)20(16)22)17-9-8-13(23)11-14(17)24/h2-3,5-6,8-9,11-12,25H,4,7,10H2,1H3. The van der Waals surface area contributed by atoms with Gasteiger partial charge in [0.2, 0.25) is 0 Å². The number of nitrogens with one attached hydrogen (secondary N) is 1. The molecule has 2 aromatic carbocycles. The minimum atomic E-state index is -0.899. The largest absolute Gasteiger partial charge is 0.382 e. The van der Waals surface area contributed by atoms with Crippen molar-refractivity contribution in [1.82, 2.24) is 19.3 Å². The maximum atomic E-state index is 14.0. The Bertz CT molecular complexity index is 1280. The number of aromatic nitrogens is 4. The molecule has 0 unspecified atom stereocenters. The molecule has 0 aliphatic rings. The van der Waals surface area contributed by atoms with Gasteiger partial charge in [0.25, 0.3) is 5.56 Å². The Morgan fingerprint density at radius 1 is 1.17 bits per heavy atom. The number of fused-ring (bicyclic) bond motifs is 1. The van der Waals surface area contributed by atoms with Gasteiger partial charge < -0.3 is 9.88 Å². The number of rotatable bonds is 6. The highest BCUT2D eigenvalue weighted by atomic mass is 35.5. The van der Waals surface area contributed by atoms with Gasteiger partial charge in [-0.05, 0) is 30.7 Å². The van der Waals surface area contributed by atoms with E-state index >= 15 is 0 Å². The predicted molar refractivity (Wildman–Crippen MR) is 112 cm³/mol. The topological polar surface area (TPSA) is 64.7 Å². The summed E-state index contributed by atoms with van der Waals surface area (Å²) < 4.78 is 29.9. The lowest BCUT2D eigenvalue weighted by atomic mass is 10.3. The second-order valence-electron chi connectivity index (χ2n) is 6.79. The molecule has 0 saturated carbocycles. The van der Waals surface area contributed by atoms with Gasteiger partial charge in [0.1, 0.15) is 22.4 Å². The number of nitrogens with zero attached hydrogens (tertiary/aromatic N) is 4. The van der Waals surface area contributed by atoms with Gasteiger partial charge in [-0.1, -0.05) is 23.7 Å². The van der Waals surface area contributed by atoms with Crippen LogP contribution in [0.25, 0.3) is 16.7 Å². The van der Waals surface area contributed by atoms with E-state index in [9.17, 15) is 13.6 Å². The summed E-state index contributed by atoms with van der Waals surface area (Å²) in [6.45, 7) is 0.541. The van der Waals surface area contributed by atoms with E-state index in [1.54, 1.807) is 0 Å². The number of anilines is 1. The fourth-order valence-electron chi connectivity index (χ4n) is 3.27. The maximum Gasteiger partial charge on any atom is 0.292 e. The molecular formula is C21H18ClF2N5O. The van der Waals surface area contributed by atoms with Crippen molar-refractivity contribution in [2.24, 2.45) is 7.05 Å². The molecule has 154 valence electrons. The van der Waals surface area contributed by atoms with E-state index in [0.29, 0.717) is 18.3 Å². The van der Waals surface area contributed by atoms with Gasteiger partial charge in [-0.15, -0.1) is 0 Å². The van der Waals surface area contributed by atoms with Crippen molar-refractivity contribution < 1.29 is 8.78 Å². The monoisotopic (exact) mass is 429 g/mol. The molecule has 4 rings (SSSR count). The molecule has 30 heavy (non-hydrogen) atoms. The SMILES string of the molecule is Cn1c(CCCNc2cnn(-c3ccc(F)cc3F)c(=O)c2Cl)nc2ccccc21. The molecule has 0 aliphatic carbocycles. The zero-order chi connectivity index (χ0) is 21.3. The second kappa shape index (κ2) is 8.23. The molecule has 2 aromatic heterocycles. The highest BCUT2D eigenvalue weighted by Gasteiger charge is 2.14. The van der Waals surface area contributed by atoms with Crippen molar-refractivity contribution >= 4 is 28.3 Å². The molecule has 0 spiro atoms. The Morgan fingerprint density at radius 2 is 1.97 bits per heavy atom. The minimum absolute atomic E-state index is 0.114. The third-order valence-electron chi connectivity index (χ3n) is 4.83. The van der Waals surface area contributed by atoms with Crippen molar-refractivity contribution in [2.45, 2.75) is 12.8 Å². The van der Waals surface area contributed by atoms with Crippen LogP contribution in [0.2, 0.25) is 5.02 Å². The lowest BCUT2D eigenvalue weighted by Gasteiger charge is -2.11. The Labute approximate surface area is 175 Å². The average molecular weight is 430 g/mol. The molecule has 6 nitrogen and oxygen atoms in total. The van der Waals surface area contributed by atoms with Crippen LogP contribution < -0.4 is 10.9 Å². The molecule has 0 amide bonds. The second-order valence-corrected chi connectivity index (χ2v) is 7.17. The number of imidazole rings is 1. The zero-order valence-electron chi connectivity index (χ0n) is 16.1. The van der Waals surface area contributed by atoms with Crippen molar-refractivity contribution in [3.63, 3.8) is 0 Å². The molecule has 9 heteroatoms. The molecule has 0 atom stereocenters. The van der Waals surface area contributed by atoms with Crippen LogP contribution in [0.3, 0.4) is 0 Å². The molecule has 2 heterocycles. The first-order chi connectivity index (χ1) is 14.5. The molecule has 0 fully saturated rings. The van der Waals surface area contributed by atoms with Crippen LogP contribution in [-0.2, 0) is 13.5 Å². The summed E-state index contributed by atoms with van der Waals surface area (Å²) in [6.07, 6.45) is 2.84. The lowest BCUT2D eigenvalue weighted by molar-refractivity contribution is 0.570. The predicted octanol–water partition coefficient (Wildman–Crippen LogP) is 4.10. The maximum absolute atomic E-state index is 14.0. The van der Waals surface area contributed by atoms with Crippen LogP contribution in [0.4, 0.5) is 14.5 Å². The Hall–Kier alpha value is -3.26. The van der Waals surface area contributed by atoms with Gasteiger partial charge in [0.15, 0.2) is 5.82 Å². The van der Waals surface area contributed by atoms with Crippen LogP contribution >= 0.6 is 11.6 Å². The summed E-state index contributed by atoms with van der Waals surface area (Å²) >= 11 is 6.16. The first-order valence-corrected chi connectivity index (χ1v) is 9.71. The van der Waals surface area contributed by atoms with E-state index in [2.05, 4.69) is 20.0 Å².